The Hall–Kier alpha value is -1.52. The number of urea groups is 1. The predicted octanol–water partition coefficient (Wildman–Crippen LogP) is 3.58. The number of rotatable bonds is 5. The third-order valence-electron chi connectivity index (χ3n) is 5.80. The maximum absolute atomic E-state index is 12.6. The number of aryl methyl sites for hydroxylation is 2. The molecule has 0 aliphatic heterocycles. The zero-order valence-electron chi connectivity index (χ0n) is 16.2. The average Bonchev–Trinajstić information content (AvgIpc) is 2.80. The Kier molecular flexibility index (Phi) is 6.30. The normalized spacial score (nSPS) is 18.2. The second-order valence-electron chi connectivity index (χ2n) is 7.58. The van der Waals surface area contributed by atoms with Gasteiger partial charge < -0.3 is 10.2 Å². The Balaban J connectivity index is 1.90. The molecule has 1 aromatic heterocycles. The lowest BCUT2D eigenvalue weighted by atomic mass is 9.84. The maximum Gasteiger partial charge on any atom is 0.317 e. The molecule has 0 aromatic carbocycles. The van der Waals surface area contributed by atoms with Gasteiger partial charge in [0.15, 0.2) is 0 Å². The van der Waals surface area contributed by atoms with E-state index in [0.717, 1.165) is 12.1 Å². The molecule has 0 bridgehead atoms. The molecule has 2 amide bonds. The van der Waals surface area contributed by atoms with Crippen LogP contribution in [0.1, 0.15) is 62.9 Å². The highest BCUT2D eigenvalue weighted by atomic mass is 16.2. The van der Waals surface area contributed by atoms with E-state index in [2.05, 4.69) is 31.2 Å². The topological polar surface area (TPSA) is 50.2 Å². The fourth-order valence-corrected chi connectivity index (χ4v) is 3.90. The van der Waals surface area contributed by atoms with Crippen molar-refractivity contribution in [3.8, 4) is 0 Å². The number of nitrogens with zero attached hydrogens (tertiary/aromatic N) is 3. The van der Waals surface area contributed by atoms with Crippen LogP contribution in [-0.4, -0.2) is 39.8 Å². The summed E-state index contributed by atoms with van der Waals surface area (Å²) in [6.45, 7) is 8.38. The molecule has 136 valence electrons. The van der Waals surface area contributed by atoms with E-state index in [1.54, 1.807) is 0 Å². The first-order valence-electron chi connectivity index (χ1n) is 9.33. The minimum atomic E-state index is 0.0415. The number of carbonyl (C=O) groups excluding carboxylic acids is 1. The number of hydrogen-bond acceptors (Lipinski definition) is 2. The summed E-state index contributed by atoms with van der Waals surface area (Å²) in [5, 5.41) is 7.62. The molecular weight excluding hydrogens is 300 g/mol. The van der Waals surface area contributed by atoms with Gasteiger partial charge in [-0.3, -0.25) is 4.68 Å². The van der Waals surface area contributed by atoms with Gasteiger partial charge in [0.05, 0.1) is 5.69 Å². The first kappa shape index (κ1) is 18.8. The minimum absolute atomic E-state index is 0.0415. The van der Waals surface area contributed by atoms with Crippen molar-refractivity contribution in [2.45, 2.75) is 78.3 Å². The summed E-state index contributed by atoms with van der Waals surface area (Å²) in [5.74, 6) is 0.646. The van der Waals surface area contributed by atoms with Crippen LogP contribution in [0.4, 0.5) is 4.79 Å². The van der Waals surface area contributed by atoms with Crippen molar-refractivity contribution < 1.29 is 4.79 Å². The van der Waals surface area contributed by atoms with Crippen molar-refractivity contribution in [2.24, 2.45) is 13.0 Å². The SMILES string of the molecule is Cc1nn(C)c(C)c1C[C@H](C)NC(=O)N(C)[C@H](C)C1CCCCC1. The molecule has 0 radical (unpaired) electrons. The zero-order chi connectivity index (χ0) is 17.9. The molecule has 5 heteroatoms. The van der Waals surface area contributed by atoms with Crippen LogP contribution in [0, 0.1) is 19.8 Å². The fourth-order valence-electron chi connectivity index (χ4n) is 3.90. The molecule has 2 atom stereocenters. The van der Waals surface area contributed by atoms with E-state index in [4.69, 9.17) is 0 Å². The van der Waals surface area contributed by atoms with Gasteiger partial charge in [0.2, 0.25) is 0 Å². The molecule has 5 nitrogen and oxygen atoms in total. The molecule has 1 heterocycles. The highest BCUT2D eigenvalue weighted by Crippen LogP contribution is 2.28. The van der Waals surface area contributed by atoms with E-state index in [-0.39, 0.29) is 12.1 Å². The summed E-state index contributed by atoms with van der Waals surface area (Å²) >= 11 is 0. The summed E-state index contributed by atoms with van der Waals surface area (Å²) in [5.41, 5.74) is 3.48. The van der Waals surface area contributed by atoms with Crippen LogP contribution in [0.5, 0.6) is 0 Å². The maximum atomic E-state index is 12.6. The van der Waals surface area contributed by atoms with E-state index < -0.39 is 0 Å². The van der Waals surface area contributed by atoms with Gasteiger partial charge in [-0.1, -0.05) is 19.3 Å². The highest BCUT2D eigenvalue weighted by molar-refractivity contribution is 5.74. The molecule has 0 saturated heterocycles. The van der Waals surface area contributed by atoms with Gasteiger partial charge in [-0.05, 0) is 58.4 Å². The second kappa shape index (κ2) is 8.04. The van der Waals surface area contributed by atoms with E-state index in [9.17, 15) is 4.79 Å². The molecule has 0 spiro atoms. The Labute approximate surface area is 146 Å². The molecule has 24 heavy (non-hydrogen) atoms. The molecular formula is C19H34N4O. The van der Waals surface area contributed by atoms with Crippen molar-refractivity contribution >= 4 is 6.03 Å². The summed E-state index contributed by atoms with van der Waals surface area (Å²) in [6, 6.07) is 0.444. The average molecular weight is 335 g/mol. The summed E-state index contributed by atoms with van der Waals surface area (Å²) in [7, 11) is 3.90. The van der Waals surface area contributed by atoms with Crippen molar-refractivity contribution in [1.82, 2.24) is 20.0 Å². The lowest BCUT2D eigenvalue weighted by Crippen LogP contribution is -2.48. The predicted molar refractivity (Wildman–Crippen MR) is 98.2 cm³/mol. The summed E-state index contributed by atoms with van der Waals surface area (Å²) in [6.07, 6.45) is 7.29. The quantitative estimate of drug-likeness (QED) is 0.895. The summed E-state index contributed by atoms with van der Waals surface area (Å²) in [4.78, 5) is 14.5. The van der Waals surface area contributed by atoms with Crippen LogP contribution < -0.4 is 5.32 Å². The van der Waals surface area contributed by atoms with Crippen LogP contribution in [0.2, 0.25) is 0 Å². The number of aromatic nitrogens is 2. The zero-order valence-corrected chi connectivity index (χ0v) is 16.2. The van der Waals surface area contributed by atoms with Gasteiger partial charge in [-0.25, -0.2) is 4.79 Å². The lowest BCUT2D eigenvalue weighted by Gasteiger charge is -2.35. The monoisotopic (exact) mass is 334 g/mol. The molecule has 1 aromatic rings. The Morgan fingerprint density at radius 1 is 1.29 bits per heavy atom. The van der Waals surface area contributed by atoms with Gasteiger partial charge in [0.1, 0.15) is 0 Å². The number of hydrogen-bond donors (Lipinski definition) is 1. The molecule has 1 aliphatic rings. The van der Waals surface area contributed by atoms with Crippen molar-refractivity contribution in [1.29, 1.82) is 0 Å². The van der Waals surface area contributed by atoms with Crippen molar-refractivity contribution in [2.75, 3.05) is 7.05 Å². The minimum Gasteiger partial charge on any atom is -0.335 e. The van der Waals surface area contributed by atoms with E-state index >= 15 is 0 Å². The molecule has 2 rings (SSSR count). The molecule has 0 unspecified atom stereocenters. The van der Waals surface area contributed by atoms with E-state index in [0.29, 0.717) is 12.0 Å². The van der Waals surface area contributed by atoms with E-state index in [1.165, 1.54) is 43.4 Å². The Bertz CT molecular complexity index is 560. The van der Waals surface area contributed by atoms with Crippen molar-refractivity contribution in [3.05, 3.63) is 17.0 Å². The number of amides is 2. The highest BCUT2D eigenvalue weighted by Gasteiger charge is 2.26. The first-order chi connectivity index (χ1) is 11.3. The lowest BCUT2D eigenvalue weighted by molar-refractivity contribution is 0.154. The van der Waals surface area contributed by atoms with Crippen LogP contribution in [0.3, 0.4) is 0 Å². The molecule has 1 aliphatic carbocycles. The van der Waals surface area contributed by atoms with Crippen LogP contribution in [0.15, 0.2) is 0 Å². The van der Waals surface area contributed by atoms with Crippen LogP contribution >= 0.6 is 0 Å². The van der Waals surface area contributed by atoms with Gasteiger partial charge in [-0.15, -0.1) is 0 Å². The molecule has 1 fully saturated rings. The second-order valence-corrected chi connectivity index (χ2v) is 7.58. The first-order valence-corrected chi connectivity index (χ1v) is 9.33. The number of nitrogens with one attached hydrogen (secondary N) is 1. The number of carbonyl (C=O) groups is 1. The van der Waals surface area contributed by atoms with Crippen LogP contribution in [-0.2, 0) is 13.5 Å². The third kappa shape index (κ3) is 4.31. The smallest absolute Gasteiger partial charge is 0.317 e. The van der Waals surface area contributed by atoms with Crippen molar-refractivity contribution in [3.63, 3.8) is 0 Å². The molecule has 1 N–H and O–H groups in total. The van der Waals surface area contributed by atoms with Gasteiger partial charge in [0.25, 0.3) is 0 Å². The van der Waals surface area contributed by atoms with Gasteiger partial charge in [-0.2, -0.15) is 5.10 Å². The fraction of sp³-hybridized carbons (Fsp3) is 0.789. The standard InChI is InChI=1S/C19H34N4O/c1-13(12-18-14(2)21-23(6)16(18)4)20-19(24)22(5)15(3)17-10-8-7-9-11-17/h13,15,17H,7-12H2,1-6H3,(H,20,24)/t13-,15+/m0/s1. The van der Waals surface area contributed by atoms with Gasteiger partial charge >= 0.3 is 6.03 Å². The third-order valence-corrected chi connectivity index (χ3v) is 5.80. The molecule has 1 saturated carbocycles. The van der Waals surface area contributed by atoms with Gasteiger partial charge in [0, 0.05) is 31.9 Å². The Morgan fingerprint density at radius 3 is 2.46 bits per heavy atom. The van der Waals surface area contributed by atoms with E-state index in [1.807, 2.05) is 30.6 Å². The van der Waals surface area contributed by atoms with Crippen LogP contribution in [0.25, 0.3) is 0 Å². The largest absolute Gasteiger partial charge is 0.335 e. The summed E-state index contributed by atoms with van der Waals surface area (Å²) < 4.78 is 1.91. The Morgan fingerprint density at radius 2 is 1.92 bits per heavy atom.